The quantitative estimate of drug-likeness (QED) is 0.421. The van der Waals surface area contributed by atoms with Gasteiger partial charge in [-0.05, 0) is 41.8 Å². The minimum absolute atomic E-state index is 0.914. The average Bonchev–Trinajstić information content (AvgIpc) is 2.56. The van der Waals surface area contributed by atoms with E-state index >= 15 is 0 Å². The molecule has 4 rings (SSSR count). The summed E-state index contributed by atoms with van der Waals surface area (Å²) in [6.07, 6.45) is 0.914. The number of aromatic nitrogens is 1. The fourth-order valence-corrected chi connectivity index (χ4v) is 3.19. The lowest BCUT2D eigenvalue weighted by atomic mass is 9.96. The molecule has 106 valence electrons. The van der Waals surface area contributed by atoms with E-state index in [9.17, 15) is 0 Å². The van der Waals surface area contributed by atoms with Crippen molar-refractivity contribution in [3.8, 4) is 0 Å². The molecule has 0 bridgehead atoms. The molecule has 0 radical (unpaired) electrons. The van der Waals surface area contributed by atoms with Crippen LogP contribution in [0.2, 0.25) is 0 Å². The van der Waals surface area contributed by atoms with E-state index in [1.807, 2.05) is 12.1 Å². The molecule has 0 aliphatic rings. The Hall–Kier alpha value is -2.19. The summed E-state index contributed by atoms with van der Waals surface area (Å²) >= 11 is 3.50. The van der Waals surface area contributed by atoms with E-state index < -0.39 is 0 Å². The normalized spacial score (nSPS) is 11.1. The van der Waals surface area contributed by atoms with E-state index in [0.717, 1.165) is 21.9 Å². The monoisotopic (exact) mass is 347 g/mol. The van der Waals surface area contributed by atoms with Crippen LogP contribution in [0.4, 0.5) is 0 Å². The number of benzene rings is 3. The van der Waals surface area contributed by atoms with Crippen molar-refractivity contribution in [2.24, 2.45) is 0 Å². The Morgan fingerprint density at radius 3 is 1.82 bits per heavy atom. The smallest absolute Gasteiger partial charge is 0.0712 e. The third-order valence-corrected chi connectivity index (χ3v) is 4.52. The van der Waals surface area contributed by atoms with Crippen LogP contribution in [0, 0.1) is 0 Å². The molecule has 0 fully saturated rings. The van der Waals surface area contributed by atoms with E-state index in [0.29, 0.717) is 0 Å². The van der Waals surface area contributed by atoms with Crippen LogP contribution in [0.15, 0.2) is 77.3 Å². The Balaban J connectivity index is 1.97. The van der Waals surface area contributed by atoms with Gasteiger partial charge in [-0.25, -0.2) is 4.98 Å². The molecule has 0 atom stereocenters. The van der Waals surface area contributed by atoms with Crippen molar-refractivity contribution in [1.82, 2.24) is 4.98 Å². The number of para-hydroxylation sites is 2. The second kappa shape index (κ2) is 5.54. The summed E-state index contributed by atoms with van der Waals surface area (Å²) in [6, 6.07) is 25.3. The molecule has 1 aromatic heterocycles. The fourth-order valence-electron chi connectivity index (χ4n) is 2.92. The van der Waals surface area contributed by atoms with E-state index in [-0.39, 0.29) is 0 Å². The van der Waals surface area contributed by atoms with Gasteiger partial charge in [0.05, 0.1) is 11.0 Å². The number of pyridine rings is 1. The molecule has 1 nitrogen and oxygen atoms in total. The second-order valence-corrected chi connectivity index (χ2v) is 6.34. The number of hydrogen-bond acceptors (Lipinski definition) is 1. The Morgan fingerprint density at radius 1 is 0.682 bits per heavy atom. The van der Waals surface area contributed by atoms with Gasteiger partial charge in [-0.3, -0.25) is 0 Å². The third-order valence-electron chi connectivity index (χ3n) is 3.99. The zero-order chi connectivity index (χ0) is 14.9. The van der Waals surface area contributed by atoms with Crippen molar-refractivity contribution >= 4 is 37.7 Å². The van der Waals surface area contributed by atoms with Gasteiger partial charge in [0.2, 0.25) is 0 Å². The predicted molar refractivity (Wildman–Crippen MR) is 96.2 cm³/mol. The van der Waals surface area contributed by atoms with Crippen LogP contribution >= 0.6 is 15.9 Å². The van der Waals surface area contributed by atoms with Gasteiger partial charge in [0.15, 0.2) is 0 Å². The fraction of sp³-hybridized carbons (Fsp3) is 0.0500. The van der Waals surface area contributed by atoms with E-state index in [1.54, 1.807) is 0 Å². The van der Waals surface area contributed by atoms with Crippen LogP contribution in [0.3, 0.4) is 0 Å². The van der Waals surface area contributed by atoms with Gasteiger partial charge in [0, 0.05) is 15.2 Å². The highest BCUT2D eigenvalue weighted by molar-refractivity contribution is 9.10. The van der Waals surface area contributed by atoms with Gasteiger partial charge in [0.25, 0.3) is 0 Å². The maximum absolute atomic E-state index is 4.79. The standard InChI is InChI=1S/C20H14BrN/c21-15-11-9-14(10-12-15)13-18-16-5-1-3-7-19(16)22-20-8-4-2-6-17(18)20/h1-12H,13H2. The van der Waals surface area contributed by atoms with Crippen LogP contribution in [0.1, 0.15) is 11.1 Å². The minimum Gasteiger partial charge on any atom is -0.248 e. The number of halogens is 1. The average molecular weight is 348 g/mol. The van der Waals surface area contributed by atoms with Gasteiger partial charge in [-0.1, -0.05) is 64.5 Å². The van der Waals surface area contributed by atoms with Crippen LogP contribution in [0.25, 0.3) is 21.8 Å². The predicted octanol–water partition coefficient (Wildman–Crippen LogP) is 5.74. The lowest BCUT2D eigenvalue weighted by Crippen LogP contribution is -1.94. The van der Waals surface area contributed by atoms with Crippen LogP contribution in [-0.4, -0.2) is 4.98 Å². The first-order valence-electron chi connectivity index (χ1n) is 7.32. The molecule has 0 spiro atoms. The lowest BCUT2D eigenvalue weighted by Gasteiger charge is -2.11. The minimum atomic E-state index is 0.914. The molecule has 4 aromatic rings. The van der Waals surface area contributed by atoms with Gasteiger partial charge in [0.1, 0.15) is 0 Å². The van der Waals surface area contributed by atoms with Gasteiger partial charge < -0.3 is 0 Å². The summed E-state index contributed by atoms with van der Waals surface area (Å²) in [5.41, 5.74) is 4.79. The SMILES string of the molecule is Brc1ccc(Cc2c3ccccc3nc3ccccc23)cc1. The first kappa shape index (κ1) is 13.5. The first-order valence-corrected chi connectivity index (χ1v) is 8.11. The summed E-state index contributed by atoms with van der Waals surface area (Å²) in [6.45, 7) is 0. The van der Waals surface area contributed by atoms with Crippen molar-refractivity contribution in [2.75, 3.05) is 0 Å². The summed E-state index contributed by atoms with van der Waals surface area (Å²) in [7, 11) is 0. The molecule has 2 heteroatoms. The molecule has 0 N–H and O–H groups in total. The molecule has 0 amide bonds. The number of fused-ring (bicyclic) bond motifs is 2. The second-order valence-electron chi connectivity index (χ2n) is 5.43. The van der Waals surface area contributed by atoms with Crippen molar-refractivity contribution in [3.05, 3.63) is 88.4 Å². The number of nitrogens with zero attached hydrogens (tertiary/aromatic N) is 1. The Morgan fingerprint density at radius 2 is 1.23 bits per heavy atom. The number of rotatable bonds is 2. The zero-order valence-electron chi connectivity index (χ0n) is 12.0. The highest BCUT2D eigenvalue weighted by Gasteiger charge is 2.09. The molecule has 3 aromatic carbocycles. The molecular formula is C20H14BrN. The van der Waals surface area contributed by atoms with Gasteiger partial charge >= 0.3 is 0 Å². The third kappa shape index (κ3) is 2.40. The Bertz CT molecular complexity index is 904. The highest BCUT2D eigenvalue weighted by Crippen LogP contribution is 2.28. The van der Waals surface area contributed by atoms with E-state index in [2.05, 4.69) is 76.6 Å². The summed E-state index contributed by atoms with van der Waals surface area (Å²) < 4.78 is 1.11. The molecule has 0 saturated carbocycles. The van der Waals surface area contributed by atoms with Crippen molar-refractivity contribution in [2.45, 2.75) is 6.42 Å². The van der Waals surface area contributed by atoms with Crippen LogP contribution in [0.5, 0.6) is 0 Å². The van der Waals surface area contributed by atoms with E-state index in [4.69, 9.17) is 4.98 Å². The lowest BCUT2D eigenvalue weighted by molar-refractivity contribution is 1.22. The maximum Gasteiger partial charge on any atom is 0.0712 e. The largest absolute Gasteiger partial charge is 0.248 e. The molecule has 0 aliphatic carbocycles. The van der Waals surface area contributed by atoms with Crippen LogP contribution in [-0.2, 0) is 6.42 Å². The molecule has 0 aliphatic heterocycles. The molecule has 0 saturated heterocycles. The van der Waals surface area contributed by atoms with Gasteiger partial charge in [-0.2, -0.15) is 0 Å². The highest BCUT2D eigenvalue weighted by atomic mass is 79.9. The van der Waals surface area contributed by atoms with Crippen molar-refractivity contribution in [3.63, 3.8) is 0 Å². The van der Waals surface area contributed by atoms with Crippen molar-refractivity contribution < 1.29 is 0 Å². The van der Waals surface area contributed by atoms with E-state index in [1.165, 1.54) is 21.9 Å². The number of hydrogen-bond donors (Lipinski definition) is 0. The Kier molecular flexibility index (Phi) is 3.39. The summed E-state index contributed by atoms with van der Waals surface area (Å²) in [5, 5.41) is 2.48. The topological polar surface area (TPSA) is 12.9 Å². The molecule has 0 unspecified atom stereocenters. The molecular weight excluding hydrogens is 334 g/mol. The maximum atomic E-state index is 4.79. The molecule has 22 heavy (non-hydrogen) atoms. The van der Waals surface area contributed by atoms with Gasteiger partial charge in [-0.15, -0.1) is 0 Å². The van der Waals surface area contributed by atoms with Crippen LogP contribution < -0.4 is 0 Å². The summed E-state index contributed by atoms with van der Waals surface area (Å²) in [5.74, 6) is 0. The Labute approximate surface area is 137 Å². The zero-order valence-corrected chi connectivity index (χ0v) is 13.5. The summed E-state index contributed by atoms with van der Waals surface area (Å²) in [4.78, 5) is 4.79. The molecule has 1 heterocycles. The van der Waals surface area contributed by atoms with Crippen molar-refractivity contribution in [1.29, 1.82) is 0 Å². The first-order chi connectivity index (χ1) is 10.8.